The monoisotopic (exact) mass is 436 g/mol. The third-order valence-electron chi connectivity index (χ3n) is 5.43. The van der Waals surface area contributed by atoms with Gasteiger partial charge in [0, 0.05) is 43.0 Å². The molecule has 8 nitrogen and oxygen atoms in total. The predicted molar refractivity (Wildman–Crippen MR) is 110 cm³/mol. The smallest absolute Gasteiger partial charge is 0.308 e. The maximum absolute atomic E-state index is 13.5. The zero-order chi connectivity index (χ0) is 23.2. The SMILES string of the molecule is CC(=O)Oc1c2c(c(OC(C)=O)c3c1C(=O)c1ccccc1C3=O)C(OC(C)=O)CCC2. The van der Waals surface area contributed by atoms with E-state index in [1.54, 1.807) is 12.1 Å². The maximum atomic E-state index is 13.5. The largest absolute Gasteiger partial charge is 0.458 e. The summed E-state index contributed by atoms with van der Waals surface area (Å²) in [5, 5.41) is 0. The lowest BCUT2D eigenvalue weighted by atomic mass is 9.77. The van der Waals surface area contributed by atoms with E-state index in [-0.39, 0.29) is 39.3 Å². The number of fused-ring (bicyclic) bond motifs is 3. The van der Waals surface area contributed by atoms with Gasteiger partial charge in [0.25, 0.3) is 0 Å². The van der Waals surface area contributed by atoms with Crippen LogP contribution in [0.3, 0.4) is 0 Å². The molecule has 0 saturated carbocycles. The average Bonchev–Trinajstić information content (AvgIpc) is 2.72. The Kier molecular flexibility index (Phi) is 5.38. The second-order valence-corrected chi connectivity index (χ2v) is 7.68. The summed E-state index contributed by atoms with van der Waals surface area (Å²) < 4.78 is 16.4. The highest BCUT2D eigenvalue weighted by atomic mass is 16.6. The van der Waals surface area contributed by atoms with Crippen molar-refractivity contribution in [2.45, 2.75) is 46.1 Å². The highest BCUT2D eigenvalue weighted by Gasteiger charge is 2.42. The second kappa shape index (κ2) is 8.03. The Bertz CT molecular complexity index is 1210. The van der Waals surface area contributed by atoms with Crippen molar-refractivity contribution in [1.29, 1.82) is 0 Å². The van der Waals surface area contributed by atoms with E-state index in [1.807, 2.05) is 0 Å². The number of ketones is 2. The Labute approximate surface area is 183 Å². The molecule has 4 rings (SSSR count). The van der Waals surface area contributed by atoms with Crippen LogP contribution in [0.25, 0.3) is 0 Å². The minimum atomic E-state index is -0.828. The van der Waals surface area contributed by atoms with Gasteiger partial charge in [-0.2, -0.15) is 0 Å². The van der Waals surface area contributed by atoms with Crippen LogP contribution in [0.15, 0.2) is 24.3 Å². The molecule has 0 aliphatic heterocycles. The van der Waals surface area contributed by atoms with Crippen LogP contribution in [0.1, 0.15) is 82.7 Å². The Morgan fingerprint density at radius 3 is 1.88 bits per heavy atom. The van der Waals surface area contributed by atoms with Crippen molar-refractivity contribution in [2.24, 2.45) is 0 Å². The second-order valence-electron chi connectivity index (χ2n) is 7.68. The molecule has 1 unspecified atom stereocenters. The predicted octanol–water partition coefficient (Wildman–Crippen LogP) is 3.25. The fraction of sp³-hybridized carbons (Fsp3) is 0.292. The van der Waals surface area contributed by atoms with Gasteiger partial charge in [0.15, 0.2) is 11.6 Å². The summed E-state index contributed by atoms with van der Waals surface area (Å²) >= 11 is 0. The van der Waals surface area contributed by atoms with Gasteiger partial charge >= 0.3 is 17.9 Å². The lowest BCUT2D eigenvalue weighted by Gasteiger charge is -2.32. The number of esters is 3. The molecule has 0 spiro atoms. The van der Waals surface area contributed by atoms with E-state index in [2.05, 4.69) is 0 Å². The number of carbonyl (C=O) groups is 5. The standard InChI is InChI=1S/C24H20O8/c1-11(25)30-17-10-6-9-16-18(17)24(32-13(3)27)20-19(23(16)31-12(2)26)21(28)14-7-4-5-8-15(14)22(20)29/h4-5,7-8,17H,6,9-10H2,1-3H3. The summed E-state index contributed by atoms with van der Waals surface area (Å²) in [7, 11) is 0. The number of hydrogen-bond donors (Lipinski definition) is 0. The first-order chi connectivity index (χ1) is 15.2. The van der Waals surface area contributed by atoms with Crippen molar-refractivity contribution in [3.8, 4) is 11.5 Å². The van der Waals surface area contributed by atoms with Crippen molar-refractivity contribution in [1.82, 2.24) is 0 Å². The molecule has 0 amide bonds. The Morgan fingerprint density at radius 1 is 0.812 bits per heavy atom. The molecule has 0 fully saturated rings. The van der Waals surface area contributed by atoms with Crippen LogP contribution in [-0.4, -0.2) is 29.5 Å². The molecule has 0 radical (unpaired) electrons. The quantitative estimate of drug-likeness (QED) is 0.454. The minimum absolute atomic E-state index is 0.0527. The molecule has 8 heteroatoms. The van der Waals surface area contributed by atoms with E-state index in [0.717, 1.165) is 0 Å². The molecular formula is C24H20O8. The van der Waals surface area contributed by atoms with Crippen LogP contribution in [0.4, 0.5) is 0 Å². The molecule has 32 heavy (non-hydrogen) atoms. The fourth-order valence-corrected chi connectivity index (χ4v) is 4.38. The topological polar surface area (TPSA) is 113 Å². The number of carbonyl (C=O) groups excluding carboxylic acids is 5. The summed E-state index contributed by atoms with van der Waals surface area (Å²) in [5.41, 5.74) is 0.706. The van der Waals surface area contributed by atoms with Crippen LogP contribution in [0, 0.1) is 0 Å². The minimum Gasteiger partial charge on any atom is -0.458 e. The summed E-state index contributed by atoms with van der Waals surface area (Å²) in [6.45, 7) is 3.61. The Hall–Kier alpha value is -3.81. The van der Waals surface area contributed by atoms with E-state index in [1.165, 1.54) is 32.9 Å². The maximum Gasteiger partial charge on any atom is 0.308 e. The highest BCUT2D eigenvalue weighted by Crippen LogP contribution is 2.50. The highest BCUT2D eigenvalue weighted by molar-refractivity contribution is 6.30. The zero-order valence-electron chi connectivity index (χ0n) is 17.8. The molecule has 0 N–H and O–H groups in total. The first kappa shape index (κ1) is 21.4. The van der Waals surface area contributed by atoms with Gasteiger partial charge < -0.3 is 14.2 Å². The van der Waals surface area contributed by atoms with E-state index < -0.39 is 35.6 Å². The summed E-state index contributed by atoms with van der Waals surface area (Å²) in [6.07, 6.45) is 0.527. The Balaban J connectivity index is 2.12. The first-order valence-corrected chi connectivity index (χ1v) is 10.2. The van der Waals surface area contributed by atoms with Gasteiger partial charge in [0.1, 0.15) is 17.6 Å². The van der Waals surface area contributed by atoms with Crippen LogP contribution in [-0.2, 0) is 25.5 Å². The van der Waals surface area contributed by atoms with Gasteiger partial charge in [-0.3, -0.25) is 24.0 Å². The van der Waals surface area contributed by atoms with Crippen molar-refractivity contribution < 1.29 is 38.2 Å². The van der Waals surface area contributed by atoms with Crippen molar-refractivity contribution in [3.63, 3.8) is 0 Å². The summed E-state index contributed by atoms with van der Waals surface area (Å²) in [6, 6.07) is 6.27. The number of benzene rings is 2. The van der Waals surface area contributed by atoms with Crippen LogP contribution < -0.4 is 9.47 Å². The van der Waals surface area contributed by atoms with Crippen molar-refractivity contribution in [3.05, 3.63) is 57.6 Å². The van der Waals surface area contributed by atoms with E-state index in [9.17, 15) is 24.0 Å². The van der Waals surface area contributed by atoms with Crippen molar-refractivity contribution >= 4 is 29.5 Å². The van der Waals surface area contributed by atoms with Gasteiger partial charge in [-0.05, 0) is 19.3 Å². The first-order valence-electron chi connectivity index (χ1n) is 10.2. The molecule has 2 aromatic carbocycles. The summed E-state index contributed by atoms with van der Waals surface area (Å²) in [4.78, 5) is 62.7. The molecule has 2 aliphatic rings. The third-order valence-corrected chi connectivity index (χ3v) is 5.43. The molecule has 0 saturated heterocycles. The molecule has 0 heterocycles. The molecule has 2 aliphatic carbocycles. The lowest BCUT2D eigenvalue weighted by molar-refractivity contribution is -0.147. The van der Waals surface area contributed by atoms with Gasteiger partial charge in [-0.1, -0.05) is 24.3 Å². The van der Waals surface area contributed by atoms with Gasteiger partial charge in [0.2, 0.25) is 0 Å². The Morgan fingerprint density at radius 2 is 1.34 bits per heavy atom. The average molecular weight is 436 g/mol. The fourth-order valence-electron chi connectivity index (χ4n) is 4.38. The number of ether oxygens (including phenoxy) is 3. The molecule has 2 aromatic rings. The van der Waals surface area contributed by atoms with Gasteiger partial charge in [-0.15, -0.1) is 0 Å². The lowest BCUT2D eigenvalue weighted by Crippen LogP contribution is -2.28. The normalized spacial score (nSPS) is 16.4. The molecular weight excluding hydrogens is 416 g/mol. The molecule has 1 atom stereocenters. The third kappa shape index (κ3) is 3.47. The zero-order valence-corrected chi connectivity index (χ0v) is 17.8. The van der Waals surface area contributed by atoms with Gasteiger partial charge in [0.05, 0.1) is 11.1 Å². The molecule has 0 aromatic heterocycles. The van der Waals surface area contributed by atoms with Crippen LogP contribution in [0.5, 0.6) is 11.5 Å². The van der Waals surface area contributed by atoms with Crippen LogP contribution >= 0.6 is 0 Å². The molecule has 164 valence electrons. The van der Waals surface area contributed by atoms with Gasteiger partial charge in [-0.25, -0.2) is 0 Å². The number of hydrogen-bond acceptors (Lipinski definition) is 8. The van der Waals surface area contributed by atoms with E-state index in [0.29, 0.717) is 24.8 Å². The number of rotatable bonds is 3. The summed E-state index contributed by atoms with van der Waals surface area (Å²) in [5.74, 6) is -3.19. The molecule has 0 bridgehead atoms. The van der Waals surface area contributed by atoms with E-state index in [4.69, 9.17) is 14.2 Å². The van der Waals surface area contributed by atoms with Crippen molar-refractivity contribution in [2.75, 3.05) is 0 Å². The van der Waals surface area contributed by atoms with Crippen LogP contribution in [0.2, 0.25) is 0 Å². The van der Waals surface area contributed by atoms with E-state index >= 15 is 0 Å².